The molecule has 1 aliphatic rings. The Balaban J connectivity index is 1.98. The molecule has 1 aliphatic carbocycles. The van der Waals surface area contributed by atoms with E-state index in [0.29, 0.717) is 13.0 Å². The van der Waals surface area contributed by atoms with Crippen LogP contribution in [0.4, 0.5) is 0 Å². The van der Waals surface area contributed by atoms with Gasteiger partial charge < -0.3 is 15.7 Å². The van der Waals surface area contributed by atoms with Gasteiger partial charge in [0.1, 0.15) is 11.6 Å². The summed E-state index contributed by atoms with van der Waals surface area (Å²) in [7, 11) is 0. The van der Waals surface area contributed by atoms with Crippen LogP contribution in [0.15, 0.2) is 23.4 Å². The van der Waals surface area contributed by atoms with Gasteiger partial charge in [0.25, 0.3) is 0 Å². The topological polar surface area (TPSA) is 67.8 Å². The third kappa shape index (κ3) is 2.75. The number of ether oxygens (including phenoxy) is 1. The third-order valence-electron chi connectivity index (χ3n) is 3.73. The highest BCUT2D eigenvalue weighted by Gasteiger charge is 2.44. The molecule has 4 nitrogen and oxygen atoms in total. The summed E-state index contributed by atoms with van der Waals surface area (Å²) in [4.78, 5) is 0. The molecule has 2 rings (SSSR count). The van der Waals surface area contributed by atoms with E-state index < -0.39 is 0 Å². The molecule has 1 aromatic rings. The summed E-state index contributed by atoms with van der Waals surface area (Å²) in [5.74, 6) is 1.22. The molecule has 18 heavy (non-hydrogen) atoms. The van der Waals surface area contributed by atoms with Gasteiger partial charge >= 0.3 is 0 Å². The fourth-order valence-electron chi connectivity index (χ4n) is 2.08. The Morgan fingerprint density at radius 3 is 2.78 bits per heavy atom. The van der Waals surface area contributed by atoms with E-state index in [9.17, 15) is 0 Å². The average Bonchev–Trinajstić information content (AvgIpc) is 3.11. The van der Waals surface area contributed by atoms with Crippen LogP contribution in [0.1, 0.15) is 30.4 Å². The van der Waals surface area contributed by atoms with E-state index in [-0.39, 0.29) is 11.3 Å². The summed E-state index contributed by atoms with van der Waals surface area (Å²) >= 11 is 0. The maximum Gasteiger partial charge on any atom is 0.139 e. The Bertz CT molecular complexity index is 465. The number of nitrogens with two attached hydrogens (primary N) is 1. The van der Waals surface area contributed by atoms with Crippen LogP contribution in [0.3, 0.4) is 0 Å². The maximum absolute atomic E-state index is 8.61. The fraction of sp³-hybridized carbons (Fsp3) is 0.500. The first-order valence-corrected chi connectivity index (χ1v) is 6.22. The smallest absolute Gasteiger partial charge is 0.139 e. The lowest BCUT2D eigenvalue weighted by atomic mass is 10.0. The number of hydrogen-bond acceptors (Lipinski definition) is 3. The standard InChI is InChI=1S/C14H20N2O2/c1-10-4-3-5-12(11(10)2)18-9-14(6-7-14)8-13(15)16-17/h3-5,17H,6-9H2,1-2H3,(H2,15,16). The molecule has 98 valence electrons. The lowest BCUT2D eigenvalue weighted by Crippen LogP contribution is -2.22. The first kappa shape index (κ1) is 12.7. The van der Waals surface area contributed by atoms with Gasteiger partial charge in [0, 0.05) is 11.8 Å². The Kier molecular flexibility index (Phi) is 3.45. The van der Waals surface area contributed by atoms with Crippen molar-refractivity contribution in [1.29, 1.82) is 0 Å². The van der Waals surface area contributed by atoms with Crippen LogP contribution in [-0.2, 0) is 0 Å². The molecule has 0 amide bonds. The van der Waals surface area contributed by atoms with Crippen molar-refractivity contribution in [2.24, 2.45) is 16.3 Å². The second kappa shape index (κ2) is 4.88. The first-order chi connectivity index (χ1) is 8.56. The predicted octanol–water partition coefficient (Wildman–Crippen LogP) is 2.60. The lowest BCUT2D eigenvalue weighted by molar-refractivity contribution is 0.235. The van der Waals surface area contributed by atoms with E-state index in [1.165, 1.54) is 11.1 Å². The summed E-state index contributed by atoms with van der Waals surface area (Å²) in [6, 6.07) is 6.06. The zero-order valence-corrected chi connectivity index (χ0v) is 10.9. The summed E-state index contributed by atoms with van der Waals surface area (Å²) in [6.07, 6.45) is 2.76. The van der Waals surface area contributed by atoms with Crippen molar-refractivity contribution in [3.63, 3.8) is 0 Å². The third-order valence-corrected chi connectivity index (χ3v) is 3.73. The number of benzene rings is 1. The largest absolute Gasteiger partial charge is 0.493 e. The molecule has 3 N–H and O–H groups in total. The van der Waals surface area contributed by atoms with Crippen LogP contribution in [0.25, 0.3) is 0 Å². The van der Waals surface area contributed by atoms with Gasteiger partial charge in [-0.2, -0.15) is 0 Å². The van der Waals surface area contributed by atoms with Crippen molar-refractivity contribution < 1.29 is 9.94 Å². The molecule has 0 heterocycles. The quantitative estimate of drug-likeness (QED) is 0.364. The SMILES string of the molecule is Cc1cccc(OCC2(CC(N)=NO)CC2)c1C. The van der Waals surface area contributed by atoms with Gasteiger partial charge in [-0.15, -0.1) is 0 Å². The number of hydrogen-bond donors (Lipinski definition) is 2. The van der Waals surface area contributed by atoms with E-state index in [0.717, 1.165) is 18.6 Å². The Morgan fingerprint density at radius 2 is 2.17 bits per heavy atom. The van der Waals surface area contributed by atoms with Gasteiger partial charge in [-0.05, 0) is 43.9 Å². The van der Waals surface area contributed by atoms with Gasteiger partial charge in [0.05, 0.1) is 6.61 Å². The molecule has 0 aromatic heterocycles. The molecule has 0 radical (unpaired) electrons. The van der Waals surface area contributed by atoms with Crippen LogP contribution in [-0.4, -0.2) is 17.6 Å². The summed E-state index contributed by atoms with van der Waals surface area (Å²) in [5, 5.41) is 11.7. The molecular weight excluding hydrogens is 228 g/mol. The minimum Gasteiger partial charge on any atom is -0.493 e. The number of nitrogens with zero attached hydrogens (tertiary/aromatic N) is 1. The van der Waals surface area contributed by atoms with Crippen LogP contribution in [0.2, 0.25) is 0 Å². The minimum absolute atomic E-state index is 0.0759. The second-order valence-corrected chi connectivity index (χ2v) is 5.25. The highest BCUT2D eigenvalue weighted by Crippen LogP contribution is 2.49. The summed E-state index contributed by atoms with van der Waals surface area (Å²) < 4.78 is 5.90. The van der Waals surface area contributed by atoms with Gasteiger partial charge in [-0.3, -0.25) is 0 Å². The zero-order valence-electron chi connectivity index (χ0n) is 10.9. The fourth-order valence-corrected chi connectivity index (χ4v) is 2.08. The van der Waals surface area contributed by atoms with Crippen LogP contribution in [0.5, 0.6) is 5.75 Å². The molecule has 0 unspecified atom stereocenters. The second-order valence-electron chi connectivity index (χ2n) is 5.25. The zero-order chi connectivity index (χ0) is 13.2. The molecule has 1 saturated carbocycles. The van der Waals surface area contributed by atoms with Crippen molar-refractivity contribution in [2.45, 2.75) is 33.1 Å². The van der Waals surface area contributed by atoms with Gasteiger partial charge in [-0.25, -0.2) is 0 Å². The van der Waals surface area contributed by atoms with E-state index in [2.05, 4.69) is 25.1 Å². The highest BCUT2D eigenvalue weighted by atomic mass is 16.5. The first-order valence-electron chi connectivity index (χ1n) is 6.22. The van der Waals surface area contributed by atoms with Gasteiger partial charge in [0.15, 0.2) is 0 Å². The van der Waals surface area contributed by atoms with Crippen molar-refractivity contribution in [1.82, 2.24) is 0 Å². The minimum atomic E-state index is 0.0759. The number of rotatable bonds is 5. The van der Waals surface area contributed by atoms with Crippen molar-refractivity contribution >= 4 is 5.84 Å². The van der Waals surface area contributed by atoms with E-state index >= 15 is 0 Å². The van der Waals surface area contributed by atoms with Gasteiger partial charge in [0.2, 0.25) is 0 Å². The molecule has 0 aliphatic heterocycles. The average molecular weight is 248 g/mol. The van der Waals surface area contributed by atoms with E-state index in [1.807, 2.05) is 12.1 Å². The Labute approximate surface area is 107 Å². The number of amidine groups is 1. The summed E-state index contributed by atoms with van der Waals surface area (Å²) in [6.45, 7) is 4.77. The van der Waals surface area contributed by atoms with Crippen LogP contribution >= 0.6 is 0 Å². The molecule has 0 saturated heterocycles. The predicted molar refractivity (Wildman–Crippen MR) is 71.1 cm³/mol. The number of oxime groups is 1. The normalized spacial score (nSPS) is 17.6. The molecule has 4 heteroatoms. The molecular formula is C14H20N2O2. The van der Waals surface area contributed by atoms with Crippen LogP contribution < -0.4 is 10.5 Å². The van der Waals surface area contributed by atoms with Crippen molar-refractivity contribution in [3.8, 4) is 5.75 Å². The molecule has 0 bridgehead atoms. The van der Waals surface area contributed by atoms with E-state index in [4.69, 9.17) is 15.7 Å². The highest BCUT2D eigenvalue weighted by molar-refractivity contribution is 5.80. The Hall–Kier alpha value is -1.71. The molecule has 0 atom stereocenters. The lowest BCUT2D eigenvalue weighted by Gasteiger charge is -2.17. The monoisotopic (exact) mass is 248 g/mol. The summed E-state index contributed by atoms with van der Waals surface area (Å²) in [5.41, 5.74) is 8.05. The van der Waals surface area contributed by atoms with Crippen molar-refractivity contribution in [2.75, 3.05) is 6.61 Å². The van der Waals surface area contributed by atoms with E-state index in [1.54, 1.807) is 0 Å². The molecule has 1 fully saturated rings. The van der Waals surface area contributed by atoms with Crippen molar-refractivity contribution in [3.05, 3.63) is 29.3 Å². The molecule has 1 aromatic carbocycles. The van der Waals surface area contributed by atoms with Crippen LogP contribution in [0, 0.1) is 19.3 Å². The maximum atomic E-state index is 8.61. The number of aryl methyl sites for hydroxylation is 1. The van der Waals surface area contributed by atoms with Gasteiger partial charge in [-0.1, -0.05) is 17.3 Å². The molecule has 0 spiro atoms. The Morgan fingerprint density at radius 1 is 1.44 bits per heavy atom.